The summed E-state index contributed by atoms with van der Waals surface area (Å²) in [7, 11) is -4.10. The molecule has 1 unspecified atom stereocenters. The Morgan fingerprint density at radius 1 is 0.895 bits per heavy atom. The highest BCUT2D eigenvalue weighted by Gasteiger charge is 2.32. The number of aryl methyl sites for hydroxylation is 1. The molecule has 0 radical (unpaired) electrons. The van der Waals surface area contributed by atoms with Crippen molar-refractivity contribution in [2.24, 2.45) is 0 Å². The molecular weight excluding hydrogens is 634 g/mol. The van der Waals surface area contributed by atoms with Gasteiger partial charge in [-0.1, -0.05) is 67.8 Å². The monoisotopic (exact) mass is 663 g/mol. The zero-order valence-corrected chi connectivity index (χ0v) is 25.7. The standard InChI is InChI=1S/C28H31Br2N3O4S/c1-19(2)31-28(35)21(4)32(17-22-10-12-23(29)13-11-22)27(34)18-33(25-7-5-6-24(30)16-25)38(36,37)26-14-8-20(3)9-15-26/h5-16,19,21H,17-18H2,1-4H3,(H,31,35). The van der Waals surface area contributed by atoms with Crippen LogP contribution in [-0.4, -0.2) is 43.8 Å². The van der Waals surface area contributed by atoms with E-state index in [9.17, 15) is 18.0 Å². The second-order valence-electron chi connectivity index (χ2n) is 9.29. The predicted molar refractivity (Wildman–Crippen MR) is 157 cm³/mol. The maximum Gasteiger partial charge on any atom is 0.264 e. The van der Waals surface area contributed by atoms with Crippen LogP contribution in [0.5, 0.6) is 0 Å². The second kappa shape index (κ2) is 12.9. The predicted octanol–water partition coefficient (Wildman–Crippen LogP) is 5.66. The fourth-order valence-corrected chi connectivity index (χ4v) is 5.83. The number of hydrogen-bond acceptors (Lipinski definition) is 4. The first kappa shape index (κ1) is 29.9. The van der Waals surface area contributed by atoms with Crippen molar-refractivity contribution in [1.82, 2.24) is 10.2 Å². The van der Waals surface area contributed by atoms with Crippen molar-refractivity contribution in [3.05, 3.63) is 92.9 Å². The van der Waals surface area contributed by atoms with Crippen LogP contribution in [0.15, 0.2) is 86.6 Å². The van der Waals surface area contributed by atoms with E-state index in [1.165, 1.54) is 17.0 Å². The molecule has 0 fully saturated rings. The molecule has 3 aromatic rings. The molecule has 0 heterocycles. The van der Waals surface area contributed by atoms with Gasteiger partial charge in [0, 0.05) is 21.5 Å². The summed E-state index contributed by atoms with van der Waals surface area (Å²) < 4.78 is 30.3. The molecule has 0 saturated carbocycles. The number of sulfonamides is 1. The van der Waals surface area contributed by atoms with Crippen LogP contribution in [0.4, 0.5) is 5.69 Å². The lowest BCUT2D eigenvalue weighted by atomic mass is 10.1. The SMILES string of the molecule is Cc1ccc(S(=O)(=O)N(CC(=O)N(Cc2ccc(Br)cc2)C(C)C(=O)NC(C)C)c2cccc(Br)c2)cc1. The number of hydrogen-bond donors (Lipinski definition) is 1. The molecule has 0 aliphatic heterocycles. The van der Waals surface area contributed by atoms with Gasteiger partial charge in [-0.05, 0) is 75.7 Å². The van der Waals surface area contributed by atoms with Crippen molar-refractivity contribution < 1.29 is 18.0 Å². The third-order valence-corrected chi connectivity index (χ3v) is 8.66. The molecule has 3 aromatic carbocycles. The molecule has 0 aliphatic rings. The van der Waals surface area contributed by atoms with Gasteiger partial charge in [-0.15, -0.1) is 0 Å². The lowest BCUT2D eigenvalue weighted by Gasteiger charge is -2.32. The number of anilines is 1. The summed E-state index contributed by atoms with van der Waals surface area (Å²) in [4.78, 5) is 28.3. The molecule has 0 bridgehead atoms. The van der Waals surface area contributed by atoms with Gasteiger partial charge in [0.1, 0.15) is 12.6 Å². The van der Waals surface area contributed by atoms with Crippen LogP contribution in [0.2, 0.25) is 0 Å². The van der Waals surface area contributed by atoms with E-state index in [1.54, 1.807) is 43.3 Å². The first-order valence-corrected chi connectivity index (χ1v) is 15.1. The summed E-state index contributed by atoms with van der Waals surface area (Å²) in [5, 5.41) is 2.85. The molecule has 1 atom stereocenters. The Labute approximate surface area is 241 Å². The van der Waals surface area contributed by atoms with E-state index in [0.29, 0.717) is 10.2 Å². The third-order valence-electron chi connectivity index (χ3n) is 5.85. The van der Waals surface area contributed by atoms with Crippen molar-refractivity contribution in [1.29, 1.82) is 0 Å². The molecule has 202 valence electrons. The van der Waals surface area contributed by atoms with Crippen LogP contribution in [0, 0.1) is 6.92 Å². The number of halogens is 2. The smallest absolute Gasteiger partial charge is 0.264 e. The Morgan fingerprint density at radius 3 is 2.11 bits per heavy atom. The highest BCUT2D eigenvalue weighted by Crippen LogP contribution is 2.27. The number of carbonyl (C=O) groups is 2. The zero-order valence-electron chi connectivity index (χ0n) is 21.7. The van der Waals surface area contributed by atoms with Gasteiger partial charge >= 0.3 is 0 Å². The first-order chi connectivity index (χ1) is 17.9. The zero-order chi connectivity index (χ0) is 28.0. The minimum absolute atomic E-state index is 0.0703. The van der Waals surface area contributed by atoms with Crippen LogP contribution in [0.3, 0.4) is 0 Å². The minimum Gasteiger partial charge on any atom is -0.352 e. The van der Waals surface area contributed by atoms with Crippen molar-refractivity contribution in [2.75, 3.05) is 10.8 Å². The summed E-state index contributed by atoms with van der Waals surface area (Å²) in [6, 6.07) is 19.7. The largest absolute Gasteiger partial charge is 0.352 e. The molecule has 7 nitrogen and oxygen atoms in total. The second-order valence-corrected chi connectivity index (χ2v) is 13.0. The molecule has 1 N–H and O–H groups in total. The van der Waals surface area contributed by atoms with Crippen LogP contribution >= 0.6 is 31.9 Å². The fraction of sp³-hybridized carbons (Fsp3) is 0.286. The Hall–Kier alpha value is -2.69. The topological polar surface area (TPSA) is 86.8 Å². The van der Waals surface area contributed by atoms with Gasteiger partial charge in [-0.25, -0.2) is 8.42 Å². The summed E-state index contributed by atoms with van der Waals surface area (Å²) in [6.07, 6.45) is 0. The number of nitrogens with zero attached hydrogens (tertiary/aromatic N) is 2. The number of carbonyl (C=O) groups excluding carboxylic acids is 2. The molecule has 38 heavy (non-hydrogen) atoms. The van der Waals surface area contributed by atoms with Crippen molar-refractivity contribution in [3.63, 3.8) is 0 Å². The van der Waals surface area contributed by atoms with E-state index in [2.05, 4.69) is 37.2 Å². The normalized spacial score (nSPS) is 12.2. The van der Waals surface area contributed by atoms with Crippen LogP contribution in [-0.2, 0) is 26.2 Å². The van der Waals surface area contributed by atoms with Crippen molar-refractivity contribution >= 4 is 59.4 Å². The highest BCUT2D eigenvalue weighted by atomic mass is 79.9. The van der Waals surface area contributed by atoms with Gasteiger partial charge < -0.3 is 10.2 Å². The maximum atomic E-state index is 13.9. The Kier molecular flexibility index (Phi) is 10.1. The number of benzene rings is 3. The number of nitrogens with one attached hydrogen (secondary N) is 1. The Bertz CT molecular complexity index is 1380. The number of rotatable bonds is 10. The quantitative estimate of drug-likeness (QED) is 0.303. The summed E-state index contributed by atoms with van der Waals surface area (Å²) in [5.41, 5.74) is 2.05. The van der Waals surface area contributed by atoms with Gasteiger partial charge in [-0.2, -0.15) is 0 Å². The Morgan fingerprint density at radius 2 is 1.53 bits per heavy atom. The number of amides is 2. The summed E-state index contributed by atoms with van der Waals surface area (Å²) >= 11 is 6.81. The molecule has 0 saturated heterocycles. The average Bonchev–Trinajstić information content (AvgIpc) is 2.86. The average molecular weight is 665 g/mol. The van der Waals surface area contributed by atoms with E-state index in [4.69, 9.17) is 0 Å². The van der Waals surface area contributed by atoms with Crippen LogP contribution in [0.1, 0.15) is 31.9 Å². The van der Waals surface area contributed by atoms with Crippen molar-refractivity contribution in [2.45, 2.75) is 51.2 Å². The van der Waals surface area contributed by atoms with Gasteiger partial charge in [0.05, 0.1) is 10.6 Å². The Balaban J connectivity index is 2.03. The molecular formula is C28H31Br2N3O4S. The maximum absolute atomic E-state index is 13.9. The van der Waals surface area contributed by atoms with Gasteiger partial charge in [0.25, 0.3) is 10.0 Å². The van der Waals surface area contributed by atoms with Gasteiger partial charge in [0.2, 0.25) is 11.8 Å². The van der Waals surface area contributed by atoms with Gasteiger partial charge in [0.15, 0.2) is 0 Å². The minimum atomic E-state index is -4.10. The van der Waals surface area contributed by atoms with E-state index < -0.39 is 28.5 Å². The van der Waals surface area contributed by atoms with Crippen LogP contribution in [0.25, 0.3) is 0 Å². The molecule has 2 amide bonds. The molecule has 10 heteroatoms. The molecule has 0 spiro atoms. The third kappa shape index (κ3) is 7.68. The summed E-state index contributed by atoms with van der Waals surface area (Å²) in [6.45, 7) is 6.85. The van der Waals surface area contributed by atoms with E-state index in [-0.39, 0.29) is 23.4 Å². The van der Waals surface area contributed by atoms with E-state index in [1.807, 2.05) is 45.0 Å². The molecule has 0 aromatic heterocycles. The summed E-state index contributed by atoms with van der Waals surface area (Å²) in [5.74, 6) is -0.823. The van der Waals surface area contributed by atoms with Crippen LogP contribution < -0.4 is 9.62 Å². The molecule has 0 aliphatic carbocycles. The first-order valence-electron chi connectivity index (χ1n) is 12.1. The lowest BCUT2D eigenvalue weighted by Crippen LogP contribution is -2.52. The lowest BCUT2D eigenvalue weighted by molar-refractivity contribution is -0.139. The van der Waals surface area contributed by atoms with Gasteiger partial charge in [-0.3, -0.25) is 13.9 Å². The van der Waals surface area contributed by atoms with E-state index in [0.717, 1.165) is 19.9 Å². The van der Waals surface area contributed by atoms with Crippen molar-refractivity contribution in [3.8, 4) is 0 Å². The van der Waals surface area contributed by atoms with E-state index >= 15 is 0 Å². The molecule has 3 rings (SSSR count). The highest BCUT2D eigenvalue weighted by molar-refractivity contribution is 9.10. The fourth-order valence-electron chi connectivity index (χ4n) is 3.77.